The molecule has 94 valence electrons. The van der Waals surface area contributed by atoms with Crippen molar-refractivity contribution in [1.82, 2.24) is 5.32 Å². The lowest BCUT2D eigenvalue weighted by Crippen LogP contribution is -2.25. The van der Waals surface area contributed by atoms with Crippen molar-refractivity contribution in [1.29, 1.82) is 0 Å². The maximum atomic E-state index is 11.8. The molecule has 0 radical (unpaired) electrons. The van der Waals surface area contributed by atoms with Gasteiger partial charge in [-0.3, -0.25) is 4.79 Å². The first-order valence-electron chi connectivity index (χ1n) is 5.86. The van der Waals surface area contributed by atoms with E-state index in [1.165, 1.54) is 0 Å². The minimum Gasteiger partial charge on any atom is -0.381 e. The zero-order valence-corrected chi connectivity index (χ0v) is 11.6. The van der Waals surface area contributed by atoms with Crippen LogP contribution in [-0.2, 0) is 4.74 Å². The summed E-state index contributed by atoms with van der Waals surface area (Å²) in [5.74, 6) is -0.0482. The molecule has 1 N–H and O–H groups in total. The van der Waals surface area contributed by atoms with E-state index in [1.54, 1.807) is 6.07 Å². The lowest BCUT2D eigenvalue weighted by atomic mass is 10.2. The van der Waals surface area contributed by atoms with Crippen molar-refractivity contribution in [3.8, 4) is 0 Å². The van der Waals surface area contributed by atoms with Gasteiger partial charge in [-0.1, -0.05) is 19.1 Å². The number of rotatable bonds is 7. The Labute approximate surface area is 111 Å². The summed E-state index contributed by atoms with van der Waals surface area (Å²) in [6, 6.07) is 7.40. The quantitative estimate of drug-likeness (QED) is 0.786. The first-order chi connectivity index (χ1) is 8.25. The Bertz CT molecular complexity index is 355. The smallest absolute Gasteiger partial charge is 0.252 e. The Kier molecular flexibility index (Phi) is 6.89. The van der Waals surface area contributed by atoms with E-state index in [4.69, 9.17) is 4.74 Å². The molecule has 0 bridgehead atoms. The summed E-state index contributed by atoms with van der Waals surface area (Å²) in [4.78, 5) is 11.8. The number of nitrogens with one attached hydrogen (secondary N) is 1. The second-order valence-electron chi connectivity index (χ2n) is 3.70. The summed E-state index contributed by atoms with van der Waals surface area (Å²) < 4.78 is 6.15. The molecule has 4 heteroatoms. The Morgan fingerprint density at radius 2 is 2.12 bits per heavy atom. The summed E-state index contributed by atoms with van der Waals surface area (Å²) in [6.45, 7) is 4.21. The van der Waals surface area contributed by atoms with Crippen LogP contribution >= 0.6 is 15.9 Å². The van der Waals surface area contributed by atoms with Gasteiger partial charge in [0.05, 0.1) is 5.56 Å². The number of carbonyl (C=O) groups excluding carboxylic acids is 1. The molecule has 0 atom stereocenters. The largest absolute Gasteiger partial charge is 0.381 e. The molecule has 0 aliphatic heterocycles. The first kappa shape index (κ1) is 14.2. The monoisotopic (exact) mass is 299 g/mol. The van der Waals surface area contributed by atoms with E-state index < -0.39 is 0 Å². The Hall–Kier alpha value is -0.870. The van der Waals surface area contributed by atoms with Crippen LogP contribution in [0.3, 0.4) is 0 Å². The number of benzene rings is 1. The van der Waals surface area contributed by atoms with Gasteiger partial charge in [0.2, 0.25) is 0 Å². The van der Waals surface area contributed by atoms with E-state index >= 15 is 0 Å². The van der Waals surface area contributed by atoms with E-state index in [1.807, 2.05) is 18.2 Å². The van der Waals surface area contributed by atoms with Crippen molar-refractivity contribution in [3.63, 3.8) is 0 Å². The van der Waals surface area contributed by atoms with Crippen molar-refractivity contribution in [2.24, 2.45) is 0 Å². The molecule has 17 heavy (non-hydrogen) atoms. The second-order valence-corrected chi connectivity index (χ2v) is 4.56. The van der Waals surface area contributed by atoms with Gasteiger partial charge in [0, 0.05) is 24.2 Å². The van der Waals surface area contributed by atoms with E-state index in [-0.39, 0.29) is 5.91 Å². The van der Waals surface area contributed by atoms with Crippen LogP contribution in [0, 0.1) is 0 Å². The van der Waals surface area contributed by atoms with E-state index in [0.717, 1.165) is 23.9 Å². The molecule has 0 heterocycles. The van der Waals surface area contributed by atoms with Gasteiger partial charge < -0.3 is 10.1 Å². The van der Waals surface area contributed by atoms with Crippen LogP contribution in [0.5, 0.6) is 0 Å². The molecule has 0 fully saturated rings. The normalized spacial score (nSPS) is 10.2. The molecule has 1 rings (SSSR count). The van der Waals surface area contributed by atoms with Gasteiger partial charge in [-0.15, -0.1) is 0 Å². The molecule has 0 aromatic heterocycles. The Balaban J connectivity index is 2.24. The van der Waals surface area contributed by atoms with E-state index in [9.17, 15) is 4.79 Å². The fourth-order valence-electron chi connectivity index (χ4n) is 1.36. The number of hydrogen-bond acceptors (Lipinski definition) is 2. The lowest BCUT2D eigenvalue weighted by Gasteiger charge is -2.07. The third-order valence-corrected chi connectivity index (χ3v) is 2.91. The van der Waals surface area contributed by atoms with Crippen LogP contribution in [0.25, 0.3) is 0 Å². The third kappa shape index (κ3) is 5.33. The van der Waals surface area contributed by atoms with Gasteiger partial charge in [0.15, 0.2) is 0 Å². The van der Waals surface area contributed by atoms with Gasteiger partial charge in [0.25, 0.3) is 5.91 Å². The van der Waals surface area contributed by atoms with Crippen molar-refractivity contribution >= 4 is 21.8 Å². The van der Waals surface area contributed by atoms with Crippen molar-refractivity contribution < 1.29 is 9.53 Å². The number of hydrogen-bond donors (Lipinski definition) is 1. The van der Waals surface area contributed by atoms with Gasteiger partial charge in [-0.25, -0.2) is 0 Å². The molecule has 1 aromatic carbocycles. The SMILES string of the molecule is CCCOCCCNC(=O)c1ccccc1Br. The highest BCUT2D eigenvalue weighted by molar-refractivity contribution is 9.10. The minimum absolute atomic E-state index is 0.0482. The van der Waals surface area contributed by atoms with E-state index in [0.29, 0.717) is 18.7 Å². The Morgan fingerprint density at radius 3 is 2.82 bits per heavy atom. The van der Waals surface area contributed by atoms with Gasteiger partial charge >= 0.3 is 0 Å². The molecule has 0 saturated heterocycles. The zero-order valence-electron chi connectivity index (χ0n) is 10.0. The van der Waals surface area contributed by atoms with Crippen molar-refractivity contribution in [3.05, 3.63) is 34.3 Å². The molecule has 0 spiro atoms. The van der Waals surface area contributed by atoms with Crippen LogP contribution in [0.2, 0.25) is 0 Å². The topological polar surface area (TPSA) is 38.3 Å². The van der Waals surface area contributed by atoms with Crippen LogP contribution in [-0.4, -0.2) is 25.7 Å². The summed E-state index contributed by atoms with van der Waals surface area (Å²) >= 11 is 3.35. The second kappa shape index (κ2) is 8.25. The number of ether oxygens (including phenoxy) is 1. The zero-order chi connectivity index (χ0) is 12.5. The summed E-state index contributed by atoms with van der Waals surface area (Å²) in [5, 5.41) is 2.87. The van der Waals surface area contributed by atoms with E-state index in [2.05, 4.69) is 28.2 Å². The standard InChI is InChI=1S/C13H18BrNO2/c1-2-9-17-10-5-8-15-13(16)11-6-3-4-7-12(11)14/h3-4,6-7H,2,5,8-10H2,1H3,(H,15,16). The molecular formula is C13H18BrNO2. The van der Waals surface area contributed by atoms with Crippen LogP contribution in [0.4, 0.5) is 0 Å². The predicted octanol–water partition coefficient (Wildman–Crippen LogP) is 3.00. The van der Waals surface area contributed by atoms with Gasteiger partial charge in [-0.05, 0) is 40.9 Å². The highest BCUT2D eigenvalue weighted by Gasteiger charge is 2.07. The summed E-state index contributed by atoms with van der Waals surface area (Å²) in [5.41, 5.74) is 0.668. The maximum absolute atomic E-state index is 11.8. The van der Waals surface area contributed by atoms with Crippen molar-refractivity contribution in [2.45, 2.75) is 19.8 Å². The average Bonchev–Trinajstić information content (AvgIpc) is 2.34. The maximum Gasteiger partial charge on any atom is 0.252 e. The number of carbonyl (C=O) groups is 1. The molecule has 3 nitrogen and oxygen atoms in total. The average molecular weight is 300 g/mol. The first-order valence-corrected chi connectivity index (χ1v) is 6.65. The predicted molar refractivity (Wildman–Crippen MR) is 72.2 cm³/mol. The van der Waals surface area contributed by atoms with Gasteiger partial charge in [0.1, 0.15) is 0 Å². The van der Waals surface area contributed by atoms with Gasteiger partial charge in [-0.2, -0.15) is 0 Å². The summed E-state index contributed by atoms with van der Waals surface area (Å²) in [7, 11) is 0. The molecule has 0 unspecified atom stereocenters. The molecule has 0 aliphatic carbocycles. The third-order valence-electron chi connectivity index (χ3n) is 2.22. The highest BCUT2D eigenvalue weighted by atomic mass is 79.9. The summed E-state index contributed by atoms with van der Waals surface area (Å²) in [6.07, 6.45) is 1.87. The molecule has 0 aliphatic rings. The fraction of sp³-hybridized carbons (Fsp3) is 0.462. The molecule has 0 saturated carbocycles. The fourth-order valence-corrected chi connectivity index (χ4v) is 1.83. The van der Waals surface area contributed by atoms with Crippen LogP contribution in [0.1, 0.15) is 30.1 Å². The minimum atomic E-state index is -0.0482. The number of amides is 1. The number of halogens is 1. The highest BCUT2D eigenvalue weighted by Crippen LogP contribution is 2.15. The molecular weight excluding hydrogens is 282 g/mol. The van der Waals surface area contributed by atoms with Crippen LogP contribution in [0.15, 0.2) is 28.7 Å². The van der Waals surface area contributed by atoms with Crippen LogP contribution < -0.4 is 5.32 Å². The van der Waals surface area contributed by atoms with Crippen molar-refractivity contribution in [2.75, 3.05) is 19.8 Å². The molecule has 1 amide bonds. The lowest BCUT2D eigenvalue weighted by molar-refractivity contribution is 0.0940. The molecule has 1 aromatic rings. The Morgan fingerprint density at radius 1 is 1.35 bits per heavy atom.